The molecule has 0 radical (unpaired) electrons. The number of nitrogens with two attached hydrogens (primary N) is 1. The van der Waals surface area contributed by atoms with Crippen LogP contribution in [0.25, 0.3) is 6.08 Å². The Bertz CT molecular complexity index is 970. The standard InChI is InChI=1S/C16H15N3O3S2/c1-10-3-6-13(23-10)9-15-11(2)18-19(16(15)20)12-4-7-14(8-5-12)24(17,21)22/h3-9H,1-2H3,(H2,17,21,22). The van der Waals surface area contributed by atoms with Gasteiger partial charge in [-0.3, -0.25) is 4.79 Å². The number of carbonyl (C=O) groups excluding carboxylic acids is 1. The van der Waals surface area contributed by atoms with Crippen LogP contribution in [-0.4, -0.2) is 20.0 Å². The Balaban J connectivity index is 1.92. The van der Waals surface area contributed by atoms with Crippen molar-refractivity contribution in [3.63, 3.8) is 0 Å². The molecule has 0 bridgehead atoms. The molecule has 1 aliphatic heterocycles. The SMILES string of the molecule is CC1=NN(c2ccc(S(N)(=O)=O)cc2)C(=O)C1=Cc1ccc(C)s1. The molecule has 2 heterocycles. The highest BCUT2D eigenvalue weighted by molar-refractivity contribution is 7.89. The van der Waals surface area contributed by atoms with Crippen molar-refractivity contribution in [1.29, 1.82) is 0 Å². The normalized spacial score (nSPS) is 16.8. The Morgan fingerprint density at radius 2 is 1.79 bits per heavy atom. The quantitative estimate of drug-likeness (QED) is 0.851. The van der Waals surface area contributed by atoms with Crippen molar-refractivity contribution in [2.75, 3.05) is 5.01 Å². The summed E-state index contributed by atoms with van der Waals surface area (Å²) in [6, 6.07) is 9.67. The first-order valence-corrected chi connectivity index (χ1v) is 9.43. The Morgan fingerprint density at radius 3 is 2.33 bits per heavy atom. The van der Waals surface area contributed by atoms with Crippen LogP contribution in [0, 0.1) is 6.92 Å². The minimum Gasteiger partial charge on any atom is -0.267 e. The van der Waals surface area contributed by atoms with Gasteiger partial charge in [0.05, 0.1) is 21.9 Å². The van der Waals surface area contributed by atoms with E-state index in [1.807, 2.05) is 25.1 Å². The maximum absolute atomic E-state index is 12.6. The van der Waals surface area contributed by atoms with Crippen LogP contribution in [0.1, 0.15) is 16.7 Å². The highest BCUT2D eigenvalue weighted by atomic mass is 32.2. The Morgan fingerprint density at radius 1 is 1.12 bits per heavy atom. The molecule has 24 heavy (non-hydrogen) atoms. The Labute approximate surface area is 144 Å². The number of thiophene rings is 1. The third kappa shape index (κ3) is 3.16. The predicted octanol–water partition coefficient (Wildman–Crippen LogP) is 2.51. The zero-order valence-electron chi connectivity index (χ0n) is 13.1. The fourth-order valence-corrected chi connectivity index (χ4v) is 3.65. The third-order valence-electron chi connectivity index (χ3n) is 3.52. The van der Waals surface area contributed by atoms with Gasteiger partial charge in [-0.2, -0.15) is 10.1 Å². The minimum absolute atomic E-state index is 0.0107. The van der Waals surface area contributed by atoms with Gasteiger partial charge in [0.15, 0.2) is 0 Å². The molecule has 0 fully saturated rings. The van der Waals surface area contributed by atoms with Crippen LogP contribution in [0.4, 0.5) is 5.69 Å². The van der Waals surface area contributed by atoms with Crippen LogP contribution in [-0.2, 0) is 14.8 Å². The van der Waals surface area contributed by atoms with Crippen molar-refractivity contribution in [2.24, 2.45) is 10.2 Å². The van der Waals surface area contributed by atoms with Crippen molar-refractivity contribution in [1.82, 2.24) is 0 Å². The number of anilines is 1. The molecule has 0 aliphatic carbocycles. The summed E-state index contributed by atoms with van der Waals surface area (Å²) in [5, 5.41) is 10.6. The minimum atomic E-state index is -3.77. The topological polar surface area (TPSA) is 92.8 Å². The number of primary sulfonamides is 1. The highest BCUT2D eigenvalue weighted by Crippen LogP contribution is 2.27. The fourth-order valence-electron chi connectivity index (χ4n) is 2.31. The number of hydrazone groups is 1. The predicted molar refractivity (Wildman–Crippen MR) is 95.4 cm³/mol. The molecule has 1 aliphatic rings. The number of nitrogens with zero attached hydrogens (tertiary/aromatic N) is 2. The van der Waals surface area contributed by atoms with Crippen LogP contribution in [0.2, 0.25) is 0 Å². The van der Waals surface area contributed by atoms with E-state index in [-0.39, 0.29) is 10.8 Å². The van der Waals surface area contributed by atoms with E-state index in [9.17, 15) is 13.2 Å². The molecule has 0 saturated heterocycles. The molecule has 1 aromatic carbocycles. The van der Waals surface area contributed by atoms with Gasteiger partial charge in [0.1, 0.15) is 0 Å². The summed E-state index contributed by atoms with van der Waals surface area (Å²) in [7, 11) is -3.77. The number of rotatable bonds is 3. The lowest BCUT2D eigenvalue weighted by atomic mass is 10.1. The summed E-state index contributed by atoms with van der Waals surface area (Å²) in [5.41, 5.74) is 1.62. The van der Waals surface area contributed by atoms with Crippen LogP contribution in [0.3, 0.4) is 0 Å². The maximum atomic E-state index is 12.6. The molecule has 6 nitrogen and oxygen atoms in total. The van der Waals surface area contributed by atoms with Gasteiger partial charge in [-0.25, -0.2) is 13.6 Å². The van der Waals surface area contributed by atoms with Gasteiger partial charge in [0.2, 0.25) is 10.0 Å². The second kappa shape index (κ2) is 5.97. The van der Waals surface area contributed by atoms with Crippen LogP contribution >= 0.6 is 11.3 Å². The summed E-state index contributed by atoms with van der Waals surface area (Å²) in [5.74, 6) is -0.248. The Hall–Kier alpha value is -2.29. The second-order valence-corrected chi connectivity index (χ2v) is 8.23. The smallest absolute Gasteiger partial charge is 0.267 e. The number of hydrogen-bond donors (Lipinski definition) is 1. The molecule has 3 rings (SSSR count). The van der Waals surface area contributed by atoms with Crippen molar-refractivity contribution in [3.05, 3.63) is 51.7 Å². The summed E-state index contributed by atoms with van der Waals surface area (Å²) in [6.07, 6.45) is 1.82. The van der Waals surface area contributed by atoms with Gasteiger partial charge in [0.25, 0.3) is 5.91 Å². The van der Waals surface area contributed by atoms with Gasteiger partial charge in [-0.1, -0.05) is 0 Å². The van der Waals surface area contributed by atoms with Gasteiger partial charge in [-0.05, 0) is 56.3 Å². The number of carbonyl (C=O) groups is 1. The molecule has 1 aromatic heterocycles. The zero-order valence-corrected chi connectivity index (χ0v) is 14.7. The largest absolute Gasteiger partial charge is 0.280 e. The van der Waals surface area contributed by atoms with E-state index < -0.39 is 10.0 Å². The molecule has 2 aromatic rings. The van der Waals surface area contributed by atoms with E-state index in [0.717, 1.165) is 9.75 Å². The summed E-state index contributed by atoms with van der Waals surface area (Å²) in [4.78, 5) is 14.8. The molecular weight excluding hydrogens is 346 g/mol. The second-order valence-electron chi connectivity index (χ2n) is 5.35. The van der Waals surface area contributed by atoms with E-state index in [1.54, 1.807) is 18.3 Å². The molecule has 0 unspecified atom stereocenters. The number of aryl methyl sites for hydroxylation is 1. The first-order chi connectivity index (χ1) is 11.3. The zero-order chi connectivity index (χ0) is 17.5. The van der Waals surface area contributed by atoms with Gasteiger partial charge in [0, 0.05) is 9.75 Å². The van der Waals surface area contributed by atoms with E-state index in [4.69, 9.17) is 5.14 Å². The maximum Gasteiger partial charge on any atom is 0.280 e. The lowest BCUT2D eigenvalue weighted by Crippen LogP contribution is -2.21. The average molecular weight is 361 g/mol. The lowest BCUT2D eigenvalue weighted by molar-refractivity contribution is -0.114. The van der Waals surface area contributed by atoms with Crippen molar-refractivity contribution in [3.8, 4) is 0 Å². The summed E-state index contributed by atoms with van der Waals surface area (Å²) in [6.45, 7) is 3.77. The molecule has 124 valence electrons. The average Bonchev–Trinajstić information content (AvgIpc) is 3.05. The van der Waals surface area contributed by atoms with Gasteiger partial charge in [-0.15, -0.1) is 11.3 Å². The van der Waals surface area contributed by atoms with E-state index in [2.05, 4.69) is 5.10 Å². The highest BCUT2D eigenvalue weighted by Gasteiger charge is 2.29. The lowest BCUT2D eigenvalue weighted by Gasteiger charge is -2.12. The van der Waals surface area contributed by atoms with E-state index in [1.165, 1.54) is 29.3 Å². The first-order valence-electron chi connectivity index (χ1n) is 7.07. The number of hydrogen-bond acceptors (Lipinski definition) is 5. The fraction of sp³-hybridized carbons (Fsp3) is 0.125. The molecule has 8 heteroatoms. The number of sulfonamides is 1. The van der Waals surface area contributed by atoms with Gasteiger partial charge >= 0.3 is 0 Å². The molecule has 1 amide bonds. The molecule has 0 spiro atoms. The Kier molecular flexibility index (Phi) is 4.12. The van der Waals surface area contributed by atoms with Crippen LogP contribution in [0.5, 0.6) is 0 Å². The van der Waals surface area contributed by atoms with Crippen LogP contribution < -0.4 is 10.1 Å². The first kappa shape index (κ1) is 16.6. The summed E-state index contributed by atoms with van der Waals surface area (Å²) < 4.78 is 22.6. The molecule has 0 saturated carbocycles. The van der Waals surface area contributed by atoms with E-state index >= 15 is 0 Å². The number of benzene rings is 1. The van der Waals surface area contributed by atoms with Gasteiger partial charge < -0.3 is 0 Å². The molecular formula is C16H15N3O3S2. The van der Waals surface area contributed by atoms with Crippen molar-refractivity contribution < 1.29 is 13.2 Å². The molecule has 2 N–H and O–H groups in total. The molecule has 0 atom stereocenters. The van der Waals surface area contributed by atoms with Crippen molar-refractivity contribution in [2.45, 2.75) is 18.7 Å². The van der Waals surface area contributed by atoms with E-state index in [0.29, 0.717) is 17.0 Å². The van der Waals surface area contributed by atoms with Crippen LogP contribution in [0.15, 0.2) is 52.0 Å². The third-order valence-corrected chi connectivity index (χ3v) is 5.40. The summed E-state index contributed by atoms with van der Waals surface area (Å²) >= 11 is 1.60. The number of amides is 1. The monoisotopic (exact) mass is 361 g/mol. The van der Waals surface area contributed by atoms with Crippen molar-refractivity contribution >= 4 is 44.7 Å².